The molecule has 0 heterocycles. The van der Waals surface area contributed by atoms with E-state index in [9.17, 15) is 14.4 Å². The molecule has 0 spiro atoms. The van der Waals surface area contributed by atoms with Crippen LogP contribution in [0.15, 0.2) is 0 Å². The first-order valence-electron chi connectivity index (χ1n) is 4.22. The Bertz CT molecular complexity index is 231. The molecule has 2 N–H and O–H groups in total. The van der Waals surface area contributed by atoms with Gasteiger partial charge in [-0.25, -0.2) is 0 Å². The minimum absolute atomic E-state index is 0.0352. The van der Waals surface area contributed by atoms with Crippen molar-refractivity contribution in [1.29, 1.82) is 0 Å². The van der Waals surface area contributed by atoms with E-state index >= 15 is 0 Å². The van der Waals surface area contributed by atoms with Crippen LogP contribution in [0.1, 0.15) is 19.8 Å². The van der Waals surface area contributed by atoms with Crippen LogP contribution in [0.2, 0.25) is 0 Å². The van der Waals surface area contributed by atoms with Crippen LogP contribution in [0.4, 0.5) is 0 Å². The van der Waals surface area contributed by atoms with Crippen LogP contribution in [-0.4, -0.2) is 30.1 Å². The Morgan fingerprint density at radius 1 is 1.07 bits per heavy atom. The van der Waals surface area contributed by atoms with Crippen LogP contribution >= 0.6 is 11.6 Å². The van der Waals surface area contributed by atoms with Gasteiger partial charge in [-0.2, -0.15) is 0 Å². The second kappa shape index (κ2) is 7.32. The summed E-state index contributed by atoms with van der Waals surface area (Å²) in [7, 11) is 0. The van der Waals surface area contributed by atoms with Gasteiger partial charge in [0.25, 0.3) is 0 Å². The summed E-state index contributed by atoms with van der Waals surface area (Å²) in [5, 5.41) is 4.52. The second-order valence-corrected chi connectivity index (χ2v) is 3.11. The molecule has 0 aliphatic rings. The van der Waals surface area contributed by atoms with Crippen LogP contribution < -0.4 is 10.6 Å². The smallest absolute Gasteiger partial charge is 0.222 e. The van der Waals surface area contributed by atoms with E-state index in [1.54, 1.807) is 0 Å². The third-order valence-electron chi connectivity index (χ3n) is 1.37. The Morgan fingerprint density at radius 3 is 2.14 bits per heavy atom. The first kappa shape index (κ1) is 12.9. The van der Waals surface area contributed by atoms with E-state index < -0.39 is 5.24 Å². The summed E-state index contributed by atoms with van der Waals surface area (Å²) in [6, 6.07) is 0. The predicted molar refractivity (Wildman–Crippen MR) is 51.8 cm³/mol. The van der Waals surface area contributed by atoms with E-state index in [4.69, 9.17) is 11.6 Å². The maximum atomic E-state index is 11.0. The highest BCUT2D eigenvalue weighted by molar-refractivity contribution is 6.63. The van der Waals surface area contributed by atoms with Crippen LogP contribution in [0.5, 0.6) is 0 Å². The Morgan fingerprint density at radius 2 is 1.64 bits per heavy atom. The zero-order valence-corrected chi connectivity index (χ0v) is 8.69. The summed E-state index contributed by atoms with van der Waals surface area (Å²) in [4.78, 5) is 31.7. The summed E-state index contributed by atoms with van der Waals surface area (Å²) in [5.74, 6) is -0.389. The maximum Gasteiger partial charge on any atom is 0.222 e. The highest BCUT2D eigenvalue weighted by Gasteiger charge is 2.03. The molecule has 0 aromatic carbocycles. The second-order valence-electron chi connectivity index (χ2n) is 2.69. The summed E-state index contributed by atoms with van der Waals surface area (Å²) in [6.07, 6.45) is 0.121. The number of amides is 2. The van der Waals surface area contributed by atoms with Crippen molar-refractivity contribution in [3.8, 4) is 0 Å². The summed E-state index contributed by atoms with van der Waals surface area (Å²) in [6.45, 7) is 2.14. The van der Waals surface area contributed by atoms with Gasteiger partial charge in [-0.15, -0.1) is 0 Å². The Balaban J connectivity index is 3.36. The van der Waals surface area contributed by atoms with E-state index in [0.29, 0.717) is 13.1 Å². The molecule has 0 aliphatic heterocycles. The molecule has 5 nitrogen and oxygen atoms in total. The number of hydrogen-bond donors (Lipinski definition) is 2. The lowest BCUT2D eigenvalue weighted by atomic mass is 10.3. The normalized spacial score (nSPS) is 9.29. The van der Waals surface area contributed by atoms with Gasteiger partial charge in [-0.1, -0.05) is 0 Å². The third kappa shape index (κ3) is 8.99. The Labute approximate surface area is 87.2 Å². The molecular formula is C8H13ClN2O3. The number of rotatable bonds is 6. The van der Waals surface area contributed by atoms with Gasteiger partial charge in [0.2, 0.25) is 17.1 Å². The van der Waals surface area contributed by atoms with E-state index in [-0.39, 0.29) is 24.7 Å². The zero-order valence-electron chi connectivity index (χ0n) is 7.93. The van der Waals surface area contributed by atoms with Crippen molar-refractivity contribution in [1.82, 2.24) is 10.6 Å². The molecule has 0 aliphatic carbocycles. The van der Waals surface area contributed by atoms with E-state index in [0.717, 1.165) is 0 Å². The largest absolute Gasteiger partial charge is 0.355 e. The van der Waals surface area contributed by atoms with Gasteiger partial charge in [-0.05, 0) is 11.6 Å². The van der Waals surface area contributed by atoms with Crippen molar-refractivity contribution in [2.75, 3.05) is 13.1 Å². The topological polar surface area (TPSA) is 75.3 Å². The van der Waals surface area contributed by atoms with Crippen molar-refractivity contribution in [3.05, 3.63) is 0 Å². The SMILES string of the molecule is CC(=O)NCCNC(=O)CCC(=O)Cl. The maximum absolute atomic E-state index is 11.0. The van der Waals surface area contributed by atoms with Crippen LogP contribution in [0.25, 0.3) is 0 Å². The number of carbonyl (C=O) groups excluding carboxylic acids is 3. The highest BCUT2D eigenvalue weighted by atomic mass is 35.5. The minimum atomic E-state index is -0.526. The van der Waals surface area contributed by atoms with E-state index in [1.807, 2.05) is 0 Å². The molecule has 80 valence electrons. The number of nitrogens with one attached hydrogen (secondary N) is 2. The van der Waals surface area contributed by atoms with Gasteiger partial charge in [0.15, 0.2) is 0 Å². The standard InChI is InChI=1S/C8H13ClN2O3/c1-6(12)10-4-5-11-8(14)3-2-7(9)13/h2-5H2,1H3,(H,10,12)(H,11,14). The van der Waals surface area contributed by atoms with Crippen molar-refractivity contribution in [2.45, 2.75) is 19.8 Å². The average molecular weight is 221 g/mol. The lowest BCUT2D eigenvalue weighted by molar-refractivity contribution is -0.123. The van der Waals surface area contributed by atoms with Gasteiger partial charge in [0.05, 0.1) is 0 Å². The molecule has 0 unspecified atom stereocenters. The fourth-order valence-corrected chi connectivity index (χ4v) is 0.835. The van der Waals surface area contributed by atoms with Crippen molar-refractivity contribution in [3.63, 3.8) is 0 Å². The molecule has 0 radical (unpaired) electrons. The van der Waals surface area contributed by atoms with Crippen molar-refractivity contribution < 1.29 is 14.4 Å². The minimum Gasteiger partial charge on any atom is -0.355 e. The molecule has 6 heteroatoms. The molecule has 0 aromatic heterocycles. The van der Waals surface area contributed by atoms with Crippen molar-refractivity contribution in [2.24, 2.45) is 0 Å². The highest BCUT2D eigenvalue weighted by Crippen LogP contribution is 1.93. The first-order chi connectivity index (χ1) is 6.52. The van der Waals surface area contributed by atoms with Gasteiger partial charge < -0.3 is 10.6 Å². The quantitative estimate of drug-likeness (QED) is 0.480. The fraction of sp³-hybridized carbons (Fsp3) is 0.625. The molecule has 0 aromatic rings. The lowest BCUT2D eigenvalue weighted by Crippen LogP contribution is -2.33. The van der Waals surface area contributed by atoms with Crippen LogP contribution in [-0.2, 0) is 14.4 Å². The molecule has 0 bridgehead atoms. The van der Waals surface area contributed by atoms with Gasteiger partial charge >= 0.3 is 0 Å². The van der Waals surface area contributed by atoms with Crippen LogP contribution in [0.3, 0.4) is 0 Å². The van der Waals surface area contributed by atoms with E-state index in [2.05, 4.69) is 10.6 Å². The molecular weight excluding hydrogens is 208 g/mol. The third-order valence-corrected chi connectivity index (χ3v) is 1.56. The fourth-order valence-electron chi connectivity index (χ4n) is 0.741. The molecule has 0 saturated carbocycles. The van der Waals surface area contributed by atoms with Gasteiger partial charge in [0, 0.05) is 32.9 Å². The number of halogens is 1. The zero-order chi connectivity index (χ0) is 11.0. The Kier molecular flexibility index (Phi) is 6.74. The molecule has 0 rings (SSSR count). The Hall–Kier alpha value is -1.10. The summed E-state index contributed by atoms with van der Waals surface area (Å²) < 4.78 is 0. The molecule has 2 amide bonds. The number of hydrogen-bond acceptors (Lipinski definition) is 3. The average Bonchev–Trinajstić information content (AvgIpc) is 2.08. The van der Waals surface area contributed by atoms with Crippen LogP contribution in [0, 0.1) is 0 Å². The first-order valence-corrected chi connectivity index (χ1v) is 4.59. The lowest BCUT2D eigenvalue weighted by Gasteiger charge is -2.04. The molecule has 0 saturated heterocycles. The monoisotopic (exact) mass is 220 g/mol. The molecule has 0 atom stereocenters. The van der Waals surface area contributed by atoms with Crippen molar-refractivity contribution >= 4 is 28.7 Å². The number of carbonyl (C=O) groups is 3. The van der Waals surface area contributed by atoms with Gasteiger partial charge in [-0.3, -0.25) is 14.4 Å². The predicted octanol–water partition coefficient (Wildman–Crippen LogP) is -0.216. The summed E-state index contributed by atoms with van der Waals surface area (Å²) in [5.41, 5.74) is 0. The van der Waals surface area contributed by atoms with E-state index in [1.165, 1.54) is 6.92 Å². The molecule has 0 fully saturated rings. The van der Waals surface area contributed by atoms with Gasteiger partial charge in [0.1, 0.15) is 0 Å². The molecule has 14 heavy (non-hydrogen) atoms. The summed E-state index contributed by atoms with van der Waals surface area (Å²) >= 11 is 5.05.